The first kappa shape index (κ1) is 20.0. The van der Waals surface area contributed by atoms with Crippen molar-refractivity contribution in [3.63, 3.8) is 0 Å². The molecule has 0 radical (unpaired) electrons. The van der Waals surface area contributed by atoms with Crippen molar-refractivity contribution in [3.8, 4) is 0 Å². The van der Waals surface area contributed by atoms with Crippen LogP contribution in [-0.2, 0) is 17.9 Å². The molecule has 0 aromatic heterocycles. The average molecular weight is 421 g/mol. The summed E-state index contributed by atoms with van der Waals surface area (Å²) in [6, 6.07) is 30.9. The Morgan fingerprint density at radius 2 is 1.34 bits per heavy atom. The third-order valence-electron chi connectivity index (χ3n) is 6.08. The summed E-state index contributed by atoms with van der Waals surface area (Å²) >= 11 is 0. The second-order valence-electron chi connectivity index (χ2n) is 8.20. The van der Waals surface area contributed by atoms with Crippen molar-refractivity contribution in [1.82, 2.24) is 4.90 Å². The Bertz CT molecular complexity index is 1240. The lowest BCUT2D eigenvalue weighted by Crippen LogP contribution is -2.48. The van der Waals surface area contributed by atoms with Crippen LogP contribution in [0.4, 0.5) is 5.69 Å². The van der Waals surface area contributed by atoms with Crippen molar-refractivity contribution in [2.75, 3.05) is 4.90 Å². The average Bonchev–Trinajstić information content (AvgIpc) is 3.12. The minimum Gasteiger partial charge on any atom is -0.332 e. The highest BCUT2D eigenvalue weighted by atomic mass is 16.2. The van der Waals surface area contributed by atoms with Gasteiger partial charge in [-0.3, -0.25) is 14.5 Å². The maximum atomic E-state index is 13.8. The number of amides is 2. The number of nitrogens with zero attached hydrogens (tertiary/aromatic N) is 2. The second kappa shape index (κ2) is 8.31. The summed E-state index contributed by atoms with van der Waals surface area (Å²) in [4.78, 5) is 30.6. The molecule has 0 unspecified atom stereocenters. The Morgan fingerprint density at radius 1 is 0.781 bits per heavy atom. The summed E-state index contributed by atoms with van der Waals surface area (Å²) in [5, 5.41) is 1.94. The molecule has 2 amide bonds. The van der Waals surface area contributed by atoms with Crippen molar-refractivity contribution in [2.45, 2.75) is 26.1 Å². The predicted molar refractivity (Wildman–Crippen MR) is 127 cm³/mol. The van der Waals surface area contributed by atoms with E-state index in [1.165, 1.54) is 0 Å². The molecule has 1 aliphatic heterocycles. The zero-order valence-electron chi connectivity index (χ0n) is 17.9. The Kier molecular flexibility index (Phi) is 5.20. The monoisotopic (exact) mass is 420 g/mol. The number of rotatable bonds is 6. The smallest absolute Gasteiger partial charge is 0.259 e. The van der Waals surface area contributed by atoms with Gasteiger partial charge in [0, 0.05) is 24.0 Å². The van der Waals surface area contributed by atoms with Crippen LogP contribution in [0.3, 0.4) is 0 Å². The van der Waals surface area contributed by atoms with Gasteiger partial charge < -0.3 is 4.90 Å². The van der Waals surface area contributed by atoms with Crippen LogP contribution < -0.4 is 4.90 Å². The molecule has 4 heteroatoms. The molecule has 4 aromatic carbocycles. The van der Waals surface area contributed by atoms with Crippen LogP contribution in [-0.4, -0.2) is 22.8 Å². The van der Waals surface area contributed by atoms with Gasteiger partial charge in [-0.1, -0.05) is 84.9 Å². The van der Waals surface area contributed by atoms with Gasteiger partial charge in [-0.2, -0.15) is 0 Å². The van der Waals surface area contributed by atoms with Crippen molar-refractivity contribution in [2.24, 2.45) is 0 Å². The van der Waals surface area contributed by atoms with Crippen LogP contribution in [0.2, 0.25) is 0 Å². The molecule has 32 heavy (non-hydrogen) atoms. The first-order valence-corrected chi connectivity index (χ1v) is 10.9. The lowest BCUT2D eigenvalue weighted by molar-refractivity contribution is -0.133. The Labute approximate surface area is 187 Å². The molecule has 1 aliphatic rings. The minimum absolute atomic E-state index is 0.0733. The van der Waals surface area contributed by atoms with Gasteiger partial charge in [0.05, 0.1) is 5.69 Å². The second-order valence-corrected chi connectivity index (χ2v) is 8.20. The van der Waals surface area contributed by atoms with E-state index < -0.39 is 6.04 Å². The van der Waals surface area contributed by atoms with E-state index in [1.54, 1.807) is 4.90 Å². The molecule has 0 aliphatic carbocycles. The molecule has 0 saturated carbocycles. The van der Waals surface area contributed by atoms with Gasteiger partial charge in [0.25, 0.3) is 5.91 Å². The van der Waals surface area contributed by atoms with Crippen molar-refractivity contribution >= 4 is 28.3 Å². The van der Waals surface area contributed by atoms with E-state index in [0.29, 0.717) is 18.7 Å². The fraction of sp³-hybridized carbons (Fsp3) is 0.143. The zero-order valence-corrected chi connectivity index (χ0v) is 17.9. The van der Waals surface area contributed by atoms with Gasteiger partial charge in [-0.15, -0.1) is 0 Å². The number of hydrogen-bond donors (Lipinski definition) is 0. The first-order valence-electron chi connectivity index (χ1n) is 10.9. The highest BCUT2D eigenvalue weighted by Crippen LogP contribution is 2.38. The molecular formula is C28H24N2O2. The van der Waals surface area contributed by atoms with Crippen LogP contribution in [0, 0.1) is 0 Å². The van der Waals surface area contributed by atoms with Gasteiger partial charge in [0.15, 0.2) is 0 Å². The summed E-state index contributed by atoms with van der Waals surface area (Å²) in [6.45, 7) is 2.80. The van der Waals surface area contributed by atoms with E-state index in [4.69, 9.17) is 0 Å². The normalized spacial score (nSPS) is 13.4. The molecule has 0 spiro atoms. The van der Waals surface area contributed by atoms with Gasteiger partial charge in [0.2, 0.25) is 5.91 Å². The van der Waals surface area contributed by atoms with Gasteiger partial charge in [-0.25, -0.2) is 0 Å². The molecule has 4 aromatic rings. The summed E-state index contributed by atoms with van der Waals surface area (Å²) in [5.74, 6) is -0.187. The molecule has 4 nitrogen and oxygen atoms in total. The van der Waals surface area contributed by atoms with Crippen LogP contribution >= 0.6 is 0 Å². The molecule has 5 rings (SSSR count). The molecule has 0 N–H and O–H groups in total. The topological polar surface area (TPSA) is 40.6 Å². The lowest BCUT2D eigenvalue weighted by Gasteiger charge is -2.31. The Hall–Kier alpha value is -3.92. The maximum absolute atomic E-state index is 13.8. The van der Waals surface area contributed by atoms with Crippen LogP contribution in [0.15, 0.2) is 97.1 Å². The van der Waals surface area contributed by atoms with E-state index in [-0.39, 0.29) is 11.8 Å². The number of hydrogen-bond acceptors (Lipinski definition) is 2. The van der Waals surface area contributed by atoms with E-state index in [1.807, 2.05) is 109 Å². The van der Waals surface area contributed by atoms with E-state index in [2.05, 4.69) is 0 Å². The van der Waals surface area contributed by atoms with Crippen molar-refractivity contribution < 1.29 is 9.59 Å². The molecule has 0 saturated heterocycles. The standard InChI is InChI=1S/C28H24N2O2/c1-20(30-25-17-9-15-23-14-8-16-24(26(23)25)28(30)32)27(31)29(18-21-10-4-2-5-11-21)19-22-12-6-3-7-13-22/h2-17,20H,18-19H2,1H3/t20-/m0/s1. The summed E-state index contributed by atoms with van der Waals surface area (Å²) < 4.78 is 0. The predicted octanol–water partition coefficient (Wildman–Crippen LogP) is 5.42. The fourth-order valence-corrected chi connectivity index (χ4v) is 4.52. The van der Waals surface area contributed by atoms with Gasteiger partial charge >= 0.3 is 0 Å². The molecular weight excluding hydrogens is 396 g/mol. The molecule has 158 valence electrons. The van der Waals surface area contributed by atoms with Crippen molar-refractivity contribution in [1.29, 1.82) is 0 Å². The Balaban J connectivity index is 1.48. The number of carbonyl (C=O) groups excluding carboxylic acids is 2. The largest absolute Gasteiger partial charge is 0.332 e. The van der Waals surface area contributed by atoms with Crippen molar-refractivity contribution in [3.05, 3.63) is 114 Å². The quantitative estimate of drug-likeness (QED) is 0.418. The SMILES string of the molecule is C[C@@H](C(=O)N(Cc1ccccc1)Cc1ccccc1)N1C(=O)c2cccc3cccc1c23. The van der Waals surface area contributed by atoms with Gasteiger partial charge in [0.1, 0.15) is 6.04 Å². The van der Waals surface area contributed by atoms with Crippen LogP contribution in [0.5, 0.6) is 0 Å². The van der Waals surface area contributed by atoms with Crippen LogP contribution in [0.1, 0.15) is 28.4 Å². The van der Waals surface area contributed by atoms with Crippen LogP contribution in [0.25, 0.3) is 10.8 Å². The van der Waals surface area contributed by atoms with E-state index in [9.17, 15) is 9.59 Å². The Morgan fingerprint density at radius 3 is 1.94 bits per heavy atom. The number of benzene rings is 4. The van der Waals surface area contributed by atoms with E-state index >= 15 is 0 Å². The molecule has 0 bridgehead atoms. The third-order valence-corrected chi connectivity index (χ3v) is 6.08. The highest BCUT2D eigenvalue weighted by Gasteiger charge is 2.37. The maximum Gasteiger partial charge on any atom is 0.259 e. The lowest BCUT2D eigenvalue weighted by atomic mass is 10.1. The number of carbonyl (C=O) groups is 2. The summed E-state index contributed by atoms with van der Waals surface area (Å²) in [6.07, 6.45) is 0. The third kappa shape index (κ3) is 3.54. The number of anilines is 1. The summed E-state index contributed by atoms with van der Waals surface area (Å²) in [5.41, 5.74) is 3.59. The van der Waals surface area contributed by atoms with E-state index in [0.717, 1.165) is 27.6 Å². The fourth-order valence-electron chi connectivity index (χ4n) is 4.52. The highest BCUT2D eigenvalue weighted by molar-refractivity contribution is 6.26. The zero-order chi connectivity index (χ0) is 22.1. The minimum atomic E-state index is -0.618. The molecule has 1 heterocycles. The summed E-state index contributed by atoms with van der Waals surface area (Å²) in [7, 11) is 0. The van der Waals surface area contributed by atoms with Gasteiger partial charge in [-0.05, 0) is 35.6 Å². The first-order chi connectivity index (χ1) is 15.6. The molecule has 0 fully saturated rings. The molecule has 1 atom stereocenters.